The quantitative estimate of drug-likeness (QED) is 0.628. The lowest BCUT2D eigenvalue weighted by Crippen LogP contribution is -2.27. The van der Waals surface area contributed by atoms with Crippen LogP contribution in [-0.2, 0) is 9.53 Å². The topological polar surface area (TPSA) is 52.3 Å². The molecule has 3 nitrogen and oxygen atoms in total. The second-order valence-corrected chi connectivity index (χ2v) is 5.21. The third-order valence-electron chi connectivity index (χ3n) is 3.60. The van der Waals surface area contributed by atoms with Crippen molar-refractivity contribution >= 4 is 5.97 Å². The molecule has 0 aromatic heterocycles. The number of hydrogen-bond acceptors (Lipinski definition) is 3. The molecule has 0 aliphatic heterocycles. The first-order valence-corrected chi connectivity index (χ1v) is 7.61. The van der Waals surface area contributed by atoms with Crippen LogP contribution >= 0.6 is 0 Å². The maximum Gasteiger partial charge on any atom is 0.311 e. The summed E-state index contributed by atoms with van der Waals surface area (Å²) in [6.45, 7) is 3.74. The minimum atomic E-state index is -0.438. The third kappa shape index (κ3) is 4.68. The van der Waals surface area contributed by atoms with Gasteiger partial charge in [0.1, 0.15) is 0 Å². The lowest BCUT2D eigenvalue weighted by Gasteiger charge is -2.21. The fraction of sp³-hybridized carbons (Fsp3) is 0.200. The largest absolute Gasteiger partial charge is 0.452 e. The summed E-state index contributed by atoms with van der Waals surface area (Å²) in [5, 5.41) is 0. The molecule has 0 saturated heterocycles. The van der Waals surface area contributed by atoms with Gasteiger partial charge in [-0.15, -0.1) is 5.73 Å². The van der Waals surface area contributed by atoms with Crippen LogP contribution in [-0.4, -0.2) is 12.5 Å². The van der Waals surface area contributed by atoms with E-state index in [9.17, 15) is 4.79 Å². The number of ether oxygens (including phenoxy) is 1. The molecular formula is C20H21NO2. The number of esters is 1. The molecule has 1 unspecified atom stereocenters. The molecule has 0 radical (unpaired) electrons. The van der Waals surface area contributed by atoms with Crippen molar-refractivity contribution < 1.29 is 9.53 Å². The minimum absolute atomic E-state index is 0.229. The van der Waals surface area contributed by atoms with E-state index in [-0.39, 0.29) is 18.4 Å². The molecule has 0 heterocycles. The van der Waals surface area contributed by atoms with E-state index in [0.29, 0.717) is 6.42 Å². The normalized spacial score (nSPS) is 11.6. The number of nitrogens with two attached hydrogens (primary N) is 1. The summed E-state index contributed by atoms with van der Waals surface area (Å²) in [6, 6.07) is 19.4. The zero-order valence-electron chi connectivity index (χ0n) is 13.0. The first kappa shape index (κ1) is 16.8. The predicted octanol–water partition coefficient (Wildman–Crippen LogP) is 3.63. The van der Waals surface area contributed by atoms with Crippen molar-refractivity contribution in [3.8, 4) is 0 Å². The van der Waals surface area contributed by atoms with Crippen LogP contribution in [0.4, 0.5) is 0 Å². The molecule has 2 rings (SSSR count). The first-order valence-electron chi connectivity index (χ1n) is 7.61. The first-order chi connectivity index (χ1) is 11.3. The van der Waals surface area contributed by atoms with Crippen LogP contribution in [0.1, 0.15) is 23.7 Å². The molecule has 0 saturated carbocycles. The van der Waals surface area contributed by atoms with Crippen LogP contribution in [0, 0.1) is 5.92 Å². The highest BCUT2D eigenvalue weighted by Crippen LogP contribution is 2.27. The van der Waals surface area contributed by atoms with Crippen molar-refractivity contribution in [3.63, 3.8) is 0 Å². The Morgan fingerprint density at radius 3 is 2.04 bits per heavy atom. The van der Waals surface area contributed by atoms with Gasteiger partial charge in [0.25, 0.3) is 0 Å². The molecule has 2 aromatic rings. The molecule has 0 amide bonds. The molecule has 0 spiro atoms. The molecule has 0 fully saturated rings. The van der Waals surface area contributed by atoms with Gasteiger partial charge < -0.3 is 10.5 Å². The highest BCUT2D eigenvalue weighted by Gasteiger charge is 2.23. The Bertz CT molecular complexity index is 621. The zero-order chi connectivity index (χ0) is 16.5. The van der Waals surface area contributed by atoms with Gasteiger partial charge in [0.15, 0.2) is 6.10 Å². The van der Waals surface area contributed by atoms with Crippen molar-refractivity contribution in [1.82, 2.24) is 0 Å². The molecule has 118 valence electrons. The van der Waals surface area contributed by atoms with Crippen molar-refractivity contribution in [2.24, 2.45) is 11.7 Å². The van der Waals surface area contributed by atoms with E-state index in [1.54, 1.807) is 6.08 Å². The molecule has 1 atom stereocenters. The lowest BCUT2D eigenvalue weighted by atomic mass is 10.0. The number of hydrogen-bond donors (Lipinski definition) is 1. The second-order valence-electron chi connectivity index (χ2n) is 5.21. The molecule has 0 aliphatic rings. The Hall–Kier alpha value is -2.61. The van der Waals surface area contributed by atoms with Crippen molar-refractivity contribution in [3.05, 3.63) is 90.2 Å². The molecule has 0 bridgehead atoms. The van der Waals surface area contributed by atoms with Crippen molar-refractivity contribution in [2.75, 3.05) is 6.54 Å². The molecule has 3 heteroatoms. The van der Waals surface area contributed by atoms with Crippen LogP contribution < -0.4 is 5.73 Å². The third-order valence-corrected chi connectivity index (χ3v) is 3.60. The van der Waals surface area contributed by atoms with Crippen molar-refractivity contribution in [2.45, 2.75) is 12.5 Å². The monoisotopic (exact) mass is 307 g/mol. The highest BCUT2D eigenvalue weighted by molar-refractivity contribution is 5.73. The number of carbonyl (C=O) groups is 1. The maximum absolute atomic E-state index is 12.5. The fourth-order valence-corrected chi connectivity index (χ4v) is 2.31. The van der Waals surface area contributed by atoms with Crippen LogP contribution in [0.15, 0.2) is 79.0 Å². The van der Waals surface area contributed by atoms with E-state index in [1.165, 1.54) is 0 Å². The van der Waals surface area contributed by atoms with Crippen LogP contribution in [0.2, 0.25) is 0 Å². The van der Waals surface area contributed by atoms with Gasteiger partial charge in [-0.1, -0.05) is 67.2 Å². The second kappa shape index (κ2) is 8.74. The molecular weight excluding hydrogens is 286 g/mol. The number of rotatable bonds is 7. The Balaban J connectivity index is 2.25. The Morgan fingerprint density at radius 2 is 1.61 bits per heavy atom. The van der Waals surface area contributed by atoms with E-state index in [2.05, 4.69) is 12.3 Å². The highest BCUT2D eigenvalue weighted by atomic mass is 16.5. The summed E-state index contributed by atoms with van der Waals surface area (Å²) < 4.78 is 5.79. The number of allylic oxidation sites excluding steroid dienone is 1. The fourth-order valence-electron chi connectivity index (χ4n) is 2.31. The SMILES string of the molecule is C=C=CCC(CN)C(=O)OC(c1ccccc1)c1ccccc1. The zero-order valence-corrected chi connectivity index (χ0v) is 13.0. The molecule has 2 aromatic carbocycles. The Morgan fingerprint density at radius 1 is 1.09 bits per heavy atom. The van der Waals surface area contributed by atoms with Crippen LogP contribution in [0.3, 0.4) is 0 Å². The van der Waals surface area contributed by atoms with Crippen LogP contribution in [0.25, 0.3) is 0 Å². The molecule has 0 aliphatic carbocycles. The smallest absolute Gasteiger partial charge is 0.311 e. The standard InChI is InChI=1S/C20H21NO2/c1-2-3-10-18(15-21)20(22)23-19(16-11-6-4-7-12-16)17-13-8-5-9-14-17/h3-9,11-14,18-19H,1,10,15,21H2. The summed E-state index contributed by atoms with van der Waals surface area (Å²) in [6.07, 6.45) is 1.75. The van der Waals surface area contributed by atoms with E-state index < -0.39 is 6.10 Å². The summed E-state index contributed by atoms with van der Waals surface area (Å²) in [5.74, 6) is -0.698. The van der Waals surface area contributed by atoms with Gasteiger partial charge >= 0.3 is 5.97 Å². The lowest BCUT2D eigenvalue weighted by molar-refractivity contribution is -0.152. The average Bonchev–Trinajstić information content (AvgIpc) is 2.62. The maximum atomic E-state index is 12.5. The van der Waals surface area contributed by atoms with Gasteiger partial charge in [-0.05, 0) is 23.6 Å². The van der Waals surface area contributed by atoms with E-state index >= 15 is 0 Å². The summed E-state index contributed by atoms with van der Waals surface area (Å²) in [5.41, 5.74) is 10.2. The average molecular weight is 307 g/mol. The van der Waals surface area contributed by atoms with Gasteiger partial charge in [0.05, 0.1) is 5.92 Å². The van der Waals surface area contributed by atoms with Gasteiger partial charge in [-0.25, -0.2) is 0 Å². The number of benzene rings is 2. The summed E-state index contributed by atoms with van der Waals surface area (Å²) in [4.78, 5) is 12.5. The van der Waals surface area contributed by atoms with E-state index in [0.717, 1.165) is 11.1 Å². The van der Waals surface area contributed by atoms with E-state index in [1.807, 2.05) is 60.7 Å². The predicted molar refractivity (Wildman–Crippen MR) is 91.7 cm³/mol. The summed E-state index contributed by atoms with van der Waals surface area (Å²) in [7, 11) is 0. The molecule has 23 heavy (non-hydrogen) atoms. The van der Waals surface area contributed by atoms with Gasteiger partial charge in [-0.3, -0.25) is 4.79 Å². The van der Waals surface area contributed by atoms with Crippen LogP contribution in [0.5, 0.6) is 0 Å². The van der Waals surface area contributed by atoms with Gasteiger partial charge in [0.2, 0.25) is 0 Å². The molecule has 2 N–H and O–H groups in total. The number of carbonyl (C=O) groups excluding carboxylic acids is 1. The Kier molecular flexibility index (Phi) is 6.37. The minimum Gasteiger partial charge on any atom is -0.452 e. The van der Waals surface area contributed by atoms with Gasteiger partial charge in [-0.2, -0.15) is 0 Å². The Labute approximate surface area is 137 Å². The summed E-state index contributed by atoms with van der Waals surface area (Å²) >= 11 is 0. The van der Waals surface area contributed by atoms with Gasteiger partial charge in [0, 0.05) is 6.54 Å². The van der Waals surface area contributed by atoms with Crippen molar-refractivity contribution in [1.29, 1.82) is 0 Å². The van der Waals surface area contributed by atoms with E-state index in [4.69, 9.17) is 10.5 Å².